The number of carbonyl (C=O) groups is 3. The molecule has 0 radical (unpaired) electrons. The first-order valence-corrected chi connectivity index (χ1v) is 4.35. The number of hydrogen-bond donors (Lipinski definition) is 0. The van der Waals surface area contributed by atoms with E-state index in [0.29, 0.717) is 0 Å². The second-order valence-corrected chi connectivity index (χ2v) is 2.84. The number of carbonyl (C=O) groups excluding carboxylic acids is 3. The molecule has 94 valence electrons. The summed E-state index contributed by atoms with van der Waals surface area (Å²) >= 11 is 0. The predicted molar refractivity (Wildman–Crippen MR) is 55.6 cm³/mol. The summed E-state index contributed by atoms with van der Waals surface area (Å²) in [6.45, 7) is 3.44. The van der Waals surface area contributed by atoms with E-state index in [4.69, 9.17) is 4.74 Å². The van der Waals surface area contributed by atoms with E-state index in [9.17, 15) is 14.4 Å². The molecular formula is C10H18O6. The molecule has 0 aromatic carbocycles. The highest BCUT2D eigenvalue weighted by molar-refractivity contribution is 5.67. The third kappa shape index (κ3) is 10.5. The van der Waals surface area contributed by atoms with Crippen LogP contribution in [-0.2, 0) is 28.6 Å². The minimum Gasteiger partial charge on any atom is -0.462 e. The lowest BCUT2D eigenvalue weighted by Gasteiger charge is -2.15. The molecule has 0 fully saturated rings. The molecule has 0 atom stereocenters. The summed E-state index contributed by atoms with van der Waals surface area (Å²) in [6.07, 6.45) is -0.754. The average molecular weight is 234 g/mol. The molecule has 0 aromatic rings. The van der Waals surface area contributed by atoms with Gasteiger partial charge in [0.1, 0.15) is 13.2 Å². The van der Waals surface area contributed by atoms with E-state index >= 15 is 0 Å². The first-order valence-electron chi connectivity index (χ1n) is 4.35. The van der Waals surface area contributed by atoms with Gasteiger partial charge in [-0.05, 0) is 0 Å². The van der Waals surface area contributed by atoms with Crippen molar-refractivity contribution in [3.05, 3.63) is 0 Å². The van der Waals surface area contributed by atoms with Crippen LogP contribution in [0, 0.1) is 0 Å². The fourth-order valence-electron chi connectivity index (χ4n) is 0.771. The fraction of sp³-hybridized carbons (Fsp3) is 0.700. The summed E-state index contributed by atoms with van der Waals surface area (Å²) < 4.78 is 14.0. The molecular weight excluding hydrogens is 216 g/mol. The van der Waals surface area contributed by atoms with Crippen molar-refractivity contribution < 1.29 is 28.6 Å². The number of rotatable bonds is 5. The lowest BCUT2D eigenvalue weighted by Crippen LogP contribution is -2.29. The molecule has 0 rings (SSSR count). The highest BCUT2D eigenvalue weighted by Crippen LogP contribution is 1.97. The number of ether oxygens (including phenoxy) is 3. The second kappa shape index (κ2) is 8.70. The Morgan fingerprint density at radius 3 is 1.50 bits per heavy atom. The van der Waals surface area contributed by atoms with Gasteiger partial charge in [0.25, 0.3) is 0 Å². The van der Waals surface area contributed by atoms with Crippen molar-refractivity contribution in [3.8, 4) is 0 Å². The molecule has 0 aliphatic carbocycles. The van der Waals surface area contributed by atoms with Gasteiger partial charge in [-0.2, -0.15) is 0 Å². The molecule has 16 heavy (non-hydrogen) atoms. The Balaban J connectivity index is 0. The molecule has 0 saturated carbocycles. The standard InChI is InChI=1S/C9H14O6.CH4/c1-6(10)13-4-9(15-8(3)12)5-14-7(2)11;/h9H,4-5H2,1-3H3;1H4. The van der Waals surface area contributed by atoms with Gasteiger partial charge in [-0.15, -0.1) is 0 Å². The predicted octanol–water partition coefficient (Wildman–Crippen LogP) is 0.680. The Morgan fingerprint density at radius 1 is 0.875 bits per heavy atom. The summed E-state index contributed by atoms with van der Waals surface area (Å²) in [7, 11) is 0. The molecule has 0 spiro atoms. The minimum atomic E-state index is -0.754. The van der Waals surface area contributed by atoms with Crippen LogP contribution < -0.4 is 0 Å². The van der Waals surface area contributed by atoms with Gasteiger partial charge in [0.05, 0.1) is 0 Å². The number of esters is 3. The summed E-state index contributed by atoms with van der Waals surface area (Å²) in [5, 5.41) is 0. The van der Waals surface area contributed by atoms with E-state index in [1.807, 2.05) is 0 Å². The molecule has 0 amide bonds. The maximum Gasteiger partial charge on any atom is 0.303 e. The van der Waals surface area contributed by atoms with E-state index in [1.165, 1.54) is 20.8 Å². The van der Waals surface area contributed by atoms with Gasteiger partial charge >= 0.3 is 17.9 Å². The Bertz CT molecular complexity index is 230. The first kappa shape index (κ1) is 16.8. The van der Waals surface area contributed by atoms with Crippen molar-refractivity contribution >= 4 is 17.9 Å². The molecule has 6 nitrogen and oxygen atoms in total. The van der Waals surface area contributed by atoms with Crippen LogP contribution in [0.15, 0.2) is 0 Å². The zero-order valence-corrected chi connectivity index (χ0v) is 8.94. The van der Waals surface area contributed by atoms with Gasteiger partial charge in [0, 0.05) is 20.8 Å². The van der Waals surface area contributed by atoms with Gasteiger partial charge in [-0.3, -0.25) is 14.4 Å². The SMILES string of the molecule is C.CC(=O)OCC(COC(C)=O)OC(C)=O. The van der Waals surface area contributed by atoms with Gasteiger partial charge in [0.15, 0.2) is 6.10 Å². The van der Waals surface area contributed by atoms with Crippen LogP contribution in [0.3, 0.4) is 0 Å². The molecule has 0 unspecified atom stereocenters. The van der Waals surface area contributed by atoms with Crippen molar-refractivity contribution in [2.75, 3.05) is 13.2 Å². The molecule has 0 bridgehead atoms. The van der Waals surface area contributed by atoms with Gasteiger partial charge in [0.2, 0.25) is 0 Å². The van der Waals surface area contributed by atoms with E-state index in [-0.39, 0.29) is 20.6 Å². The van der Waals surface area contributed by atoms with E-state index < -0.39 is 24.0 Å². The van der Waals surface area contributed by atoms with E-state index in [2.05, 4.69) is 9.47 Å². The Morgan fingerprint density at radius 2 is 1.25 bits per heavy atom. The zero-order chi connectivity index (χ0) is 11.8. The van der Waals surface area contributed by atoms with Crippen LogP contribution in [0.1, 0.15) is 28.2 Å². The van der Waals surface area contributed by atoms with Crippen molar-refractivity contribution in [1.82, 2.24) is 0 Å². The minimum absolute atomic E-state index is 0. The summed E-state index contributed by atoms with van der Waals surface area (Å²) in [6, 6.07) is 0. The first-order chi connectivity index (χ1) is 6.91. The van der Waals surface area contributed by atoms with Crippen LogP contribution in [0.5, 0.6) is 0 Å². The monoisotopic (exact) mass is 234 g/mol. The Labute approximate surface area is 94.9 Å². The second-order valence-electron chi connectivity index (χ2n) is 2.84. The van der Waals surface area contributed by atoms with Crippen molar-refractivity contribution in [3.63, 3.8) is 0 Å². The number of hydrogen-bond acceptors (Lipinski definition) is 6. The maximum atomic E-state index is 10.6. The van der Waals surface area contributed by atoms with Gasteiger partial charge in [-0.25, -0.2) is 0 Å². The molecule has 0 heterocycles. The van der Waals surface area contributed by atoms with Crippen LogP contribution in [0.25, 0.3) is 0 Å². The maximum absolute atomic E-state index is 10.6. The van der Waals surface area contributed by atoms with Crippen LogP contribution in [-0.4, -0.2) is 37.2 Å². The third-order valence-electron chi connectivity index (χ3n) is 1.28. The highest BCUT2D eigenvalue weighted by atomic mass is 16.6. The van der Waals surface area contributed by atoms with Crippen molar-refractivity contribution in [2.45, 2.75) is 34.3 Å². The van der Waals surface area contributed by atoms with Gasteiger partial charge in [-0.1, -0.05) is 7.43 Å². The lowest BCUT2D eigenvalue weighted by atomic mass is 10.4. The molecule has 0 saturated heterocycles. The van der Waals surface area contributed by atoms with E-state index in [1.54, 1.807) is 0 Å². The molecule has 0 N–H and O–H groups in total. The van der Waals surface area contributed by atoms with Crippen molar-refractivity contribution in [2.24, 2.45) is 0 Å². The summed E-state index contributed by atoms with van der Waals surface area (Å²) in [5.41, 5.74) is 0. The summed E-state index contributed by atoms with van der Waals surface area (Å²) in [4.78, 5) is 31.6. The largest absolute Gasteiger partial charge is 0.462 e. The molecule has 0 aromatic heterocycles. The average Bonchev–Trinajstić information content (AvgIpc) is 2.08. The smallest absolute Gasteiger partial charge is 0.303 e. The Hall–Kier alpha value is -1.59. The van der Waals surface area contributed by atoms with E-state index in [0.717, 1.165) is 0 Å². The quantitative estimate of drug-likeness (QED) is 0.514. The molecule has 0 aliphatic heterocycles. The summed E-state index contributed by atoms with van der Waals surface area (Å²) in [5.74, 6) is -1.51. The van der Waals surface area contributed by atoms with Crippen LogP contribution in [0.2, 0.25) is 0 Å². The zero-order valence-electron chi connectivity index (χ0n) is 8.94. The van der Waals surface area contributed by atoms with Gasteiger partial charge < -0.3 is 14.2 Å². The third-order valence-corrected chi connectivity index (χ3v) is 1.28. The van der Waals surface area contributed by atoms with Crippen LogP contribution >= 0.6 is 0 Å². The fourth-order valence-corrected chi connectivity index (χ4v) is 0.771. The normalized spacial score (nSPS) is 9.00. The Kier molecular flexibility index (Phi) is 9.15. The topological polar surface area (TPSA) is 78.9 Å². The highest BCUT2D eigenvalue weighted by Gasteiger charge is 2.15. The van der Waals surface area contributed by atoms with Crippen LogP contribution in [0.4, 0.5) is 0 Å². The molecule has 0 aliphatic rings. The van der Waals surface area contributed by atoms with Crippen molar-refractivity contribution in [1.29, 1.82) is 0 Å². The lowest BCUT2D eigenvalue weighted by molar-refractivity contribution is -0.163. The molecule has 6 heteroatoms.